The summed E-state index contributed by atoms with van der Waals surface area (Å²) in [6.45, 7) is 0. The zero-order valence-corrected chi connectivity index (χ0v) is 22.2. The maximum absolute atomic E-state index is 14.7. The van der Waals surface area contributed by atoms with Crippen LogP contribution in [0.2, 0.25) is 5.02 Å². The van der Waals surface area contributed by atoms with Gasteiger partial charge in [0.25, 0.3) is 5.91 Å². The average molecular weight is 564 g/mol. The number of hydrogen-bond donors (Lipinski definition) is 4. The van der Waals surface area contributed by atoms with Crippen LogP contribution in [0.3, 0.4) is 0 Å². The second kappa shape index (κ2) is 11.6. The van der Waals surface area contributed by atoms with Gasteiger partial charge in [0.05, 0.1) is 23.7 Å². The molecule has 0 radical (unpaired) electrons. The lowest BCUT2D eigenvalue weighted by molar-refractivity contribution is 0.102. The highest BCUT2D eigenvalue weighted by Gasteiger charge is 2.26. The van der Waals surface area contributed by atoms with E-state index >= 15 is 0 Å². The predicted octanol–water partition coefficient (Wildman–Crippen LogP) is 4.60. The SMILES string of the molecule is COc1ncccc1NC(=O)c1cnc(NNC(=S)NC2c3cnccc3CCc3c(F)cccc32)c(Cl)c1. The first-order valence-electron chi connectivity index (χ1n) is 11.9. The van der Waals surface area contributed by atoms with E-state index in [-0.39, 0.29) is 33.2 Å². The summed E-state index contributed by atoms with van der Waals surface area (Å²) in [7, 11) is 1.46. The molecule has 0 bridgehead atoms. The topological polar surface area (TPSA) is 113 Å². The van der Waals surface area contributed by atoms with Gasteiger partial charge in [-0.05, 0) is 72.1 Å². The smallest absolute Gasteiger partial charge is 0.257 e. The molecule has 1 aliphatic carbocycles. The predicted molar refractivity (Wildman–Crippen MR) is 150 cm³/mol. The summed E-state index contributed by atoms with van der Waals surface area (Å²) < 4.78 is 19.8. The molecule has 5 rings (SSSR count). The second-order valence-corrected chi connectivity index (χ2v) is 9.42. The Morgan fingerprint density at radius 2 is 1.97 bits per heavy atom. The normalized spacial score (nSPS) is 13.8. The third-order valence-electron chi connectivity index (χ3n) is 6.25. The molecule has 1 aromatic carbocycles. The summed E-state index contributed by atoms with van der Waals surface area (Å²) in [6, 6.07) is 11.4. The van der Waals surface area contributed by atoms with Crippen molar-refractivity contribution in [3.63, 3.8) is 0 Å². The number of benzene rings is 1. The van der Waals surface area contributed by atoms with Gasteiger partial charge in [-0.2, -0.15) is 0 Å². The molecular weight excluding hydrogens is 541 g/mol. The molecule has 39 heavy (non-hydrogen) atoms. The zero-order valence-electron chi connectivity index (χ0n) is 20.7. The fraction of sp³-hybridized carbons (Fsp3) is 0.148. The fourth-order valence-electron chi connectivity index (χ4n) is 4.40. The molecule has 0 fully saturated rings. The van der Waals surface area contributed by atoms with E-state index in [1.54, 1.807) is 36.8 Å². The van der Waals surface area contributed by atoms with Crippen LogP contribution in [0.25, 0.3) is 0 Å². The molecule has 0 saturated heterocycles. The highest BCUT2D eigenvalue weighted by molar-refractivity contribution is 7.80. The van der Waals surface area contributed by atoms with E-state index in [4.69, 9.17) is 28.6 Å². The maximum Gasteiger partial charge on any atom is 0.257 e. The summed E-state index contributed by atoms with van der Waals surface area (Å²) in [6.07, 6.45) is 7.69. The largest absolute Gasteiger partial charge is 0.480 e. The molecule has 0 saturated carbocycles. The number of methoxy groups -OCH3 is 1. The molecule has 198 valence electrons. The molecule has 0 aliphatic heterocycles. The first-order chi connectivity index (χ1) is 18.9. The standard InChI is InChI=1S/C27H23ClFN7O2S/c1-38-26-22(6-3-10-31-26)33-25(37)16-12-20(28)24(32-13-16)35-36-27(39)34-23-18-4-2-5-21(29)17(18)8-7-15-9-11-30-14-19(15)23/h2-6,9-14,23H,7-8H2,1H3,(H,32,35)(H,33,37)(H2,34,36,39). The van der Waals surface area contributed by atoms with Gasteiger partial charge in [-0.15, -0.1) is 0 Å². The Morgan fingerprint density at radius 3 is 2.79 bits per heavy atom. The highest BCUT2D eigenvalue weighted by Crippen LogP contribution is 2.33. The number of carbonyl (C=O) groups is 1. The van der Waals surface area contributed by atoms with Crippen molar-refractivity contribution in [2.45, 2.75) is 18.9 Å². The molecule has 1 amide bonds. The number of nitrogens with zero attached hydrogens (tertiary/aromatic N) is 3. The molecular formula is C27H23ClFN7O2S. The van der Waals surface area contributed by atoms with Crippen LogP contribution in [0, 0.1) is 5.82 Å². The third kappa shape index (κ3) is 5.74. The van der Waals surface area contributed by atoms with E-state index in [1.807, 2.05) is 12.1 Å². The van der Waals surface area contributed by atoms with Crippen molar-refractivity contribution in [1.29, 1.82) is 0 Å². The molecule has 4 aromatic rings. The molecule has 3 heterocycles. The first-order valence-corrected chi connectivity index (χ1v) is 12.7. The van der Waals surface area contributed by atoms with Gasteiger partial charge in [0.15, 0.2) is 10.9 Å². The van der Waals surface area contributed by atoms with Gasteiger partial charge in [0, 0.05) is 30.4 Å². The summed E-state index contributed by atoms with van der Waals surface area (Å²) >= 11 is 11.9. The minimum absolute atomic E-state index is 0.188. The van der Waals surface area contributed by atoms with E-state index in [1.165, 1.54) is 25.4 Å². The van der Waals surface area contributed by atoms with Gasteiger partial charge in [-0.1, -0.05) is 23.7 Å². The summed E-state index contributed by atoms with van der Waals surface area (Å²) in [5.41, 5.74) is 9.81. The molecule has 1 unspecified atom stereocenters. The lowest BCUT2D eigenvalue weighted by Crippen LogP contribution is -2.41. The molecule has 3 aromatic heterocycles. The number of fused-ring (bicyclic) bond motifs is 2. The van der Waals surface area contributed by atoms with Gasteiger partial charge in [-0.3, -0.25) is 20.6 Å². The van der Waals surface area contributed by atoms with Gasteiger partial charge < -0.3 is 15.4 Å². The van der Waals surface area contributed by atoms with Crippen LogP contribution in [-0.4, -0.2) is 33.1 Å². The number of aryl methyl sites for hydroxylation is 1. The number of pyridine rings is 3. The highest BCUT2D eigenvalue weighted by atomic mass is 35.5. The van der Waals surface area contributed by atoms with E-state index < -0.39 is 11.9 Å². The second-order valence-electron chi connectivity index (χ2n) is 8.61. The van der Waals surface area contributed by atoms with Crippen LogP contribution in [0.15, 0.2) is 67.3 Å². The molecule has 0 spiro atoms. The Kier molecular flexibility index (Phi) is 7.80. The molecule has 9 nitrogen and oxygen atoms in total. The van der Waals surface area contributed by atoms with Gasteiger partial charge in [-0.25, -0.2) is 14.4 Å². The van der Waals surface area contributed by atoms with Crippen LogP contribution >= 0.6 is 23.8 Å². The van der Waals surface area contributed by atoms with Crippen molar-refractivity contribution in [3.8, 4) is 5.88 Å². The van der Waals surface area contributed by atoms with E-state index in [0.29, 0.717) is 24.1 Å². The molecule has 1 aliphatic rings. The summed E-state index contributed by atoms with van der Waals surface area (Å²) in [5, 5.41) is 6.40. The van der Waals surface area contributed by atoms with Crippen LogP contribution in [0.5, 0.6) is 5.88 Å². The van der Waals surface area contributed by atoms with Crippen molar-refractivity contribution in [3.05, 3.63) is 106 Å². The van der Waals surface area contributed by atoms with Crippen LogP contribution in [-0.2, 0) is 12.8 Å². The number of ether oxygens (including phenoxy) is 1. The average Bonchev–Trinajstić information content (AvgIpc) is 3.10. The van der Waals surface area contributed by atoms with Gasteiger partial charge in [0.1, 0.15) is 11.5 Å². The van der Waals surface area contributed by atoms with Crippen LogP contribution in [0.1, 0.15) is 38.7 Å². The van der Waals surface area contributed by atoms with E-state index in [2.05, 4.69) is 36.4 Å². The Morgan fingerprint density at radius 1 is 1.10 bits per heavy atom. The maximum atomic E-state index is 14.7. The quantitative estimate of drug-likeness (QED) is 0.197. The lowest BCUT2D eigenvalue weighted by Gasteiger charge is -2.23. The fourth-order valence-corrected chi connectivity index (χ4v) is 4.78. The monoisotopic (exact) mass is 563 g/mol. The summed E-state index contributed by atoms with van der Waals surface area (Å²) in [5.74, 6) is -0.144. The van der Waals surface area contributed by atoms with Crippen LogP contribution < -0.4 is 26.2 Å². The number of hydrazine groups is 1. The number of aromatic nitrogens is 3. The van der Waals surface area contributed by atoms with Crippen molar-refractivity contribution in [1.82, 2.24) is 25.7 Å². The van der Waals surface area contributed by atoms with Gasteiger partial charge in [0.2, 0.25) is 5.88 Å². The van der Waals surface area contributed by atoms with E-state index in [9.17, 15) is 9.18 Å². The Bertz CT molecular complexity index is 1550. The molecule has 4 N–H and O–H groups in total. The molecule has 12 heteroatoms. The third-order valence-corrected chi connectivity index (χ3v) is 6.76. The minimum Gasteiger partial charge on any atom is -0.480 e. The van der Waals surface area contributed by atoms with Crippen molar-refractivity contribution in [2.24, 2.45) is 0 Å². The van der Waals surface area contributed by atoms with Gasteiger partial charge >= 0.3 is 0 Å². The molecule has 1 atom stereocenters. The summed E-state index contributed by atoms with van der Waals surface area (Å²) in [4.78, 5) is 25.3. The Hall–Kier alpha value is -4.35. The van der Waals surface area contributed by atoms with Crippen molar-refractivity contribution < 1.29 is 13.9 Å². The number of rotatable bonds is 6. The number of anilines is 2. The number of halogens is 2. The lowest BCUT2D eigenvalue weighted by atomic mass is 9.96. The minimum atomic E-state index is -0.432. The number of hydrogen-bond acceptors (Lipinski definition) is 7. The number of amides is 1. The zero-order chi connectivity index (χ0) is 27.4. The Balaban J connectivity index is 1.28. The van der Waals surface area contributed by atoms with Crippen molar-refractivity contribution >= 4 is 46.3 Å². The van der Waals surface area contributed by atoms with Crippen LogP contribution in [0.4, 0.5) is 15.9 Å². The number of nitrogens with one attached hydrogen (secondary N) is 4. The number of carbonyl (C=O) groups excluding carboxylic acids is 1. The first kappa shape index (κ1) is 26.3. The Labute approximate surface area is 234 Å². The number of thiocarbonyl (C=S) groups is 1. The van der Waals surface area contributed by atoms with E-state index in [0.717, 1.165) is 16.7 Å². The van der Waals surface area contributed by atoms with Crippen molar-refractivity contribution in [2.75, 3.05) is 17.9 Å².